The molecular formula is C25H32N2O2. The lowest BCUT2D eigenvalue weighted by molar-refractivity contribution is -0.151. The number of rotatable bonds is 7. The van der Waals surface area contributed by atoms with Crippen molar-refractivity contribution >= 4 is 16.9 Å². The van der Waals surface area contributed by atoms with Crippen LogP contribution in [0.1, 0.15) is 48.9 Å². The van der Waals surface area contributed by atoms with E-state index in [1.165, 1.54) is 0 Å². The number of aromatic nitrogens is 1. The Bertz CT molecular complexity index is 987. The van der Waals surface area contributed by atoms with Crippen LogP contribution in [0.25, 0.3) is 10.9 Å². The highest BCUT2D eigenvalue weighted by molar-refractivity contribution is 5.86. The van der Waals surface area contributed by atoms with Gasteiger partial charge in [-0.25, -0.2) is 0 Å². The van der Waals surface area contributed by atoms with Crippen LogP contribution in [-0.2, 0) is 14.9 Å². The number of benzene rings is 2. The maximum Gasteiger partial charge on any atom is 0.316 e. The van der Waals surface area contributed by atoms with E-state index < -0.39 is 5.41 Å². The van der Waals surface area contributed by atoms with Gasteiger partial charge in [-0.05, 0) is 74.9 Å². The first kappa shape index (κ1) is 21.1. The monoisotopic (exact) mass is 392 g/mol. The second-order valence-corrected chi connectivity index (χ2v) is 8.31. The first-order chi connectivity index (χ1) is 13.8. The fourth-order valence-corrected chi connectivity index (χ4v) is 4.61. The van der Waals surface area contributed by atoms with Gasteiger partial charge in [0.15, 0.2) is 0 Å². The number of aromatic amines is 1. The van der Waals surface area contributed by atoms with Crippen LogP contribution in [0.15, 0.2) is 48.7 Å². The minimum atomic E-state index is -0.852. The molecule has 0 saturated carbocycles. The fourth-order valence-electron chi connectivity index (χ4n) is 4.61. The third kappa shape index (κ3) is 3.95. The number of ether oxygens (including phenoxy) is 1. The standard InChI is InChI=1S/C25H32N2O2/c1-6-29-24(28)25(5,21-12-16(2)11-17(3)13-21)23(18(4)15-26)20-7-8-22-19(14-20)9-10-27-22/h7-14,18,23,27H,6,15,26H2,1-5H3. The van der Waals surface area contributed by atoms with Gasteiger partial charge in [0.2, 0.25) is 0 Å². The van der Waals surface area contributed by atoms with Crippen molar-refractivity contribution in [2.75, 3.05) is 13.2 Å². The van der Waals surface area contributed by atoms with Crippen LogP contribution in [-0.4, -0.2) is 24.1 Å². The van der Waals surface area contributed by atoms with Gasteiger partial charge in [-0.3, -0.25) is 4.79 Å². The van der Waals surface area contributed by atoms with Crippen molar-refractivity contribution in [2.24, 2.45) is 11.7 Å². The maximum atomic E-state index is 13.5. The van der Waals surface area contributed by atoms with Crippen molar-refractivity contribution in [1.29, 1.82) is 0 Å². The molecule has 0 bridgehead atoms. The van der Waals surface area contributed by atoms with E-state index in [1.807, 2.05) is 20.0 Å². The lowest BCUT2D eigenvalue weighted by atomic mass is 9.63. The average Bonchev–Trinajstić information content (AvgIpc) is 3.15. The average molecular weight is 393 g/mol. The predicted octanol–water partition coefficient (Wildman–Crippen LogP) is 4.98. The molecule has 3 atom stereocenters. The van der Waals surface area contributed by atoms with E-state index in [0.29, 0.717) is 13.2 Å². The lowest BCUT2D eigenvalue weighted by Gasteiger charge is -2.40. The summed E-state index contributed by atoms with van der Waals surface area (Å²) in [5.41, 5.74) is 10.7. The number of hydrogen-bond acceptors (Lipinski definition) is 3. The summed E-state index contributed by atoms with van der Waals surface area (Å²) in [6.07, 6.45) is 1.93. The molecule has 4 heteroatoms. The number of esters is 1. The van der Waals surface area contributed by atoms with Crippen molar-refractivity contribution in [3.05, 3.63) is 70.9 Å². The molecule has 0 amide bonds. The third-order valence-corrected chi connectivity index (χ3v) is 6.02. The Labute approximate surface area is 173 Å². The molecule has 3 aromatic rings. The molecule has 0 aliphatic carbocycles. The zero-order chi connectivity index (χ0) is 21.2. The number of nitrogens with one attached hydrogen (secondary N) is 1. The van der Waals surface area contributed by atoms with Crippen LogP contribution < -0.4 is 5.73 Å². The fraction of sp³-hybridized carbons (Fsp3) is 0.400. The van der Waals surface area contributed by atoms with Crippen LogP contribution in [0, 0.1) is 19.8 Å². The van der Waals surface area contributed by atoms with Gasteiger partial charge in [-0.1, -0.05) is 42.3 Å². The minimum Gasteiger partial charge on any atom is -0.465 e. The molecule has 4 nitrogen and oxygen atoms in total. The van der Waals surface area contributed by atoms with Gasteiger partial charge in [0.05, 0.1) is 12.0 Å². The SMILES string of the molecule is CCOC(=O)C(C)(c1cc(C)cc(C)c1)C(c1ccc2[nH]ccc2c1)C(C)CN. The molecule has 29 heavy (non-hydrogen) atoms. The van der Waals surface area contributed by atoms with E-state index in [9.17, 15) is 4.79 Å². The van der Waals surface area contributed by atoms with Crippen LogP contribution in [0.3, 0.4) is 0 Å². The van der Waals surface area contributed by atoms with Crippen LogP contribution >= 0.6 is 0 Å². The van der Waals surface area contributed by atoms with Crippen molar-refractivity contribution in [1.82, 2.24) is 4.98 Å². The molecule has 0 spiro atoms. The molecule has 3 N–H and O–H groups in total. The molecule has 154 valence electrons. The summed E-state index contributed by atoms with van der Waals surface area (Å²) < 4.78 is 5.62. The molecular weight excluding hydrogens is 360 g/mol. The van der Waals surface area contributed by atoms with Gasteiger partial charge in [-0.2, -0.15) is 0 Å². The van der Waals surface area contributed by atoms with Gasteiger partial charge in [0.1, 0.15) is 0 Å². The van der Waals surface area contributed by atoms with Crippen molar-refractivity contribution in [3.63, 3.8) is 0 Å². The number of hydrogen-bond donors (Lipinski definition) is 2. The molecule has 0 fully saturated rings. The van der Waals surface area contributed by atoms with Crippen LogP contribution in [0.4, 0.5) is 0 Å². The first-order valence-electron chi connectivity index (χ1n) is 10.3. The Hall–Kier alpha value is -2.59. The Kier molecular flexibility index (Phi) is 6.13. The normalized spacial score (nSPS) is 15.7. The number of carbonyl (C=O) groups is 1. The summed E-state index contributed by atoms with van der Waals surface area (Å²) in [6.45, 7) is 10.9. The second-order valence-electron chi connectivity index (χ2n) is 8.31. The van der Waals surface area contributed by atoms with Crippen molar-refractivity contribution < 1.29 is 9.53 Å². The van der Waals surface area contributed by atoms with Gasteiger partial charge in [0, 0.05) is 17.6 Å². The topological polar surface area (TPSA) is 68.1 Å². The third-order valence-electron chi connectivity index (χ3n) is 6.02. The highest BCUT2D eigenvalue weighted by Crippen LogP contribution is 2.45. The molecule has 0 aliphatic rings. The predicted molar refractivity (Wildman–Crippen MR) is 119 cm³/mol. The van der Waals surface area contributed by atoms with Gasteiger partial charge in [-0.15, -0.1) is 0 Å². The van der Waals surface area contributed by atoms with Crippen LogP contribution in [0.2, 0.25) is 0 Å². The van der Waals surface area contributed by atoms with E-state index in [4.69, 9.17) is 10.5 Å². The van der Waals surface area contributed by atoms with Crippen molar-refractivity contribution in [3.8, 4) is 0 Å². The Morgan fingerprint density at radius 1 is 1.14 bits per heavy atom. The van der Waals surface area contributed by atoms with E-state index in [0.717, 1.165) is 33.2 Å². The molecule has 1 aromatic heterocycles. The molecule has 0 aliphatic heterocycles. The highest BCUT2D eigenvalue weighted by Gasteiger charge is 2.47. The number of H-pyrrole nitrogens is 1. The minimum absolute atomic E-state index is 0.0848. The van der Waals surface area contributed by atoms with Gasteiger partial charge in [0.25, 0.3) is 0 Å². The maximum absolute atomic E-state index is 13.5. The highest BCUT2D eigenvalue weighted by atomic mass is 16.5. The smallest absolute Gasteiger partial charge is 0.316 e. The number of aryl methyl sites for hydroxylation is 2. The Morgan fingerprint density at radius 2 is 1.83 bits per heavy atom. The first-order valence-corrected chi connectivity index (χ1v) is 10.3. The summed E-state index contributed by atoms with van der Waals surface area (Å²) in [5.74, 6) is -0.238. The van der Waals surface area contributed by atoms with Gasteiger partial charge >= 0.3 is 5.97 Å². The number of carbonyl (C=O) groups excluding carboxylic acids is 1. The molecule has 3 unspecified atom stereocenters. The summed E-state index contributed by atoms with van der Waals surface area (Å²) in [5, 5.41) is 1.13. The Balaban J connectivity index is 2.26. The Morgan fingerprint density at radius 3 is 2.45 bits per heavy atom. The summed E-state index contributed by atoms with van der Waals surface area (Å²) in [4.78, 5) is 16.7. The quantitative estimate of drug-likeness (QED) is 0.557. The summed E-state index contributed by atoms with van der Waals surface area (Å²) in [6, 6.07) is 14.8. The van der Waals surface area contributed by atoms with Gasteiger partial charge < -0.3 is 15.5 Å². The zero-order valence-corrected chi connectivity index (χ0v) is 18.1. The molecule has 0 radical (unpaired) electrons. The zero-order valence-electron chi connectivity index (χ0n) is 18.1. The number of fused-ring (bicyclic) bond motifs is 1. The molecule has 1 heterocycles. The summed E-state index contributed by atoms with van der Waals surface area (Å²) in [7, 11) is 0. The van der Waals surface area contributed by atoms with E-state index in [1.54, 1.807) is 0 Å². The second kappa shape index (κ2) is 8.42. The molecule has 2 aromatic carbocycles. The van der Waals surface area contributed by atoms with E-state index >= 15 is 0 Å². The van der Waals surface area contributed by atoms with Crippen molar-refractivity contribution in [2.45, 2.75) is 46.0 Å². The summed E-state index contributed by atoms with van der Waals surface area (Å²) >= 11 is 0. The largest absolute Gasteiger partial charge is 0.465 e. The van der Waals surface area contributed by atoms with Crippen LogP contribution in [0.5, 0.6) is 0 Å². The van der Waals surface area contributed by atoms with E-state index in [-0.39, 0.29) is 17.8 Å². The molecule has 3 rings (SSSR count). The van der Waals surface area contributed by atoms with E-state index in [2.05, 4.69) is 68.2 Å². The number of nitrogens with two attached hydrogens (primary N) is 1. The lowest BCUT2D eigenvalue weighted by Crippen LogP contribution is -2.44. The molecule has 0 saturated heterocycles.